The molecule has 5 heteroatoms. The molecule has 0 bridgehead atoms. The molecule has 0 saturated heterocycles. The Hall–Kier alpha value is -3.08. The summed E-state index contributed by atoms with van der Waals surface area (Å²) in [6.07, 6.45) is 3.57. The molecule has 0 aliphatic carbocycles. The number of carbonyl (C=O) groups is 2. The van der Waals surface area contributed by atoms with Crippen molar-refractivity contribution in [3.63, 3.8) is 0 Å². The molecule has 0 aliphatic rings. The molecule has 0 fully saturated rings. The average molecular weight is 354 g/mol. The fourth-order valence-electron chi connectivity index (χ4n) is 2.63. The SMILES string of the molecule is COc1ccc(C[C@@H](/C=C/[C@H](Cc2ccccc2)C(=O)O)C(=O)O)cc1. The summed E-state index contributed by atoms with van der Waals surface area (Å²) in [5.41, 5.74) is 1.74. The Morgan fingerprint density at radius 2 is 1.31 bits per heavy atom. The smallest absolute Gasteiger partial charge is 0.310 e. The summed E-state index contributed by atoms with van der Waals surface area (Å²) in [4.78, 5) is 23.0. The molecule has 0 radical (unpaired) electrons. The maximum Gasteiger partial charge on any atom is 0.310 e. The minimum absolute atomic E-state index is 0.285. The molecule has 5 nitrogen and oxygen atoms in total. The number of carboxylic acid groups (broad SMARTS) is 2. The van der Waals surface area contributed by atoms with Crippen LogP contribution in [0, 0.1) is 11.8 Å². The molecule has 136 valence electrons. The zero-order valence-corrected chi connectivity index (χ0v) is 14.5. The highest BCUT2D eigenvalue weighted by Crippen LogP contribution is 2.17. The lowest BCUT2D eigenvalue weighted by molar-refractivity contribution is -0.141. The van der Waals surface area contributed by atoms with Gasteiger partial charge in [0.1, 0.15) is 5.75 Å². The van der Waals surface area contributed by atoms with E-state index in [0.717, 1.165) is 11.1 Å². The summed E-state index contributed by atoms with van der Waals surface area (Å²) >= 11 is 0. The van der Waals surface area contributed by atoms with Gasteiger partial charge in [0.05, 0.1) is 18.9 Å². The molecule has 2 N–H and O–H groups in total. The van der Waals surface area contributed by atoms with Crippen LogP contribution in [0.25, 0.3) is 0 Å². The van der Waals surface area contributed by atoms with Gasteiger partial charge in [0.15, 0.2) is 0 Å². The first-order chi connectivity index (χ1) is 12.5. The molecule has 0 saturated carbocycles. The minimum Gasteiger partial charge on any atom is -0.497 e. The van der Waals surface area contributed by atoms with E-state index in [0.29, 0.717) is 12.2 Å². The number of rotatable bonds is 9. The Balaban J connectivity index is 2.09. The lowest BCUT2D eigenvalue weighted by Gasteiger charge is -2.11. The maximum absolute atomic E-state index is 11.5. The van der Waals surface area contributed by atoms with Crippen LogP contribution in [0.5, 0.6) is 5.75 Å². The number of hydrogen-bond acceptors (Lipinski definition) is 3. The number of benzene rings is 2. The summed E-state index contributed by atoms with van der Waals surface area (Å²) in [5, 5.41) is 18.9. The molecule has 0 unspecified atom stereocenters. The summed E-state index contributed by atoms with van der Waals surface area (Å²) in [7, 11) is 1.57. The fourth-order valence-corrected chi connectivity index (χ4v) is 2.63. The third kappa shape index (κ3) is 5.77. The zero-order chi connectivity index (χ0) is 18.9. The molecule has 0 amide bonds. The summed E-state index contributed by atoms with van der Waals surface area (Å²) in [5.74, 6) is -2.82. The van der Waals surface area contributed by atoms with Gasteiger partial charge >= 0.3 is 11.9 Å². The average Bonchev–Trinajstić information content (AvgIpc) is 2.64. The summed E-state index contributed by atoms with van der Waals surface area (Å²) in [6.45, 7) is 0. The van der Waals surface area contributed by atoms with Gasteiger partial charge in [0.25, 0.3) is 0 Å². The van der Waals surface area contributed by atoms with E-state index in [4.69, 9.17) is 4.74 Å². The first kappa shape index (κ1) is 19.2. The number of hydrogen-bond donors (Lipinski definition) is 2. The minimum atomic E-state index is -0.985. The van der Waals surface area contributed by atoms with Gasteiger partial charge in [-0.2, -0.15) is 0 Å². The molecule has 0 heterocycles. The molecule has 0 aromatic heterocycles. The highest BCUT2D eigenvalue weighted by molar-refractivity contribution is 5.75. The summed E-state index contributed by atoms with van der Waals surface area (Å²) < 4.78 is 5.09. The Morgan fingerprint density at radius 3 is 1.73 bits per heavy atom. The Labute approximate surface area is 152 Å². The predicted octanol–water partition coefficient (Wildman–Crippen LogP) is 3.44. The van der Waals surface area contributed by atoms with E-state index in [9.17, 15) is 19.8 Å². The van der Waals surface area contributed by atoms with E-state index < -0.39 is 23.8 Å². The second-order valence-electron chi connectivity index (χ2n) is 6.02. The van der Waals surface area contributed by atoms with Crippen molar-refractivity contribution in [3.05, 3.63) is 77.9 Å². The van der Waals surface area contributed by atoms with E-state index in [1.54, 1.807) is 31.4 Å². The topological polar surface area (TPSA) is 83.8 Å². The van der Waals surface area contributed by atoms with Gasteiger partial charge in [-0.1, -0.05) is 54.6 Å². The first-order valence-corrected chi connectivity index (χ1v) is 8.30. The monoisotopic (exact) mass is 354 g/mol. The largest absolute Gasteiger partial charge is 0.497 e. The Bertz CT molecular complexity index is 750. The summed E-state index contributed by atoms with van der Waals surface area (Å²) in [6, 6.07) is 16.4. The van der Waals surface area contributed by atoms with E-state index in [1.165, 1.54) is 12.2 Å². The van der Waals surface area contributed by atoms with Gasteiger partial charge in [0.2, 0.25) is 0 Å². The van der Waals surface area contributed by atoms with Crippen molar-refractivity contribution in [2.45, 2.75) is 12.8 Å². The third-order valence-electron chi connectivity index (χ3n) is 4.12. The predicted molar refractivity (Wildman–Crippen MR) is 98.2 cm³/mol. The highest BCUT2D eigenvalue weighted by Gasteiger charge is 2.19. The highest BCUT2D eigenvalue weighted by atomic mass is 16.5. The first-order valence-electron chi connectivity index (χ1n) is 8.30. The van der Waals surface area contributed by atoms with Crippen LogP contribution < -0.4 is 4.74 Å². The van der Waals surface area contributed by atoms with Crippen molar-refractivity contribution in [2.75, 3.05) is 7.11 Å². The Kier molecular flexibility index (Phi) is 6.97. The van der Waals surface area contributed by atoms with E-state index >= 15 is 0 Å². The second kappa shape index (κ2) is 9.42. The van der Waals surface area contributed by atoms with Crippen molar-refractivity contribution in [3.8, 4) is 5.75 Å². The van der Waals surface area contributed by atoms with Crippen LogP contribution >= 0.6 is 0 Å². The second-order valence-corrected chi connectivity index (χ2v) is 6.02. The quantitative estimate of drug-likeness (QED) is 0.674. The van der Waals surface area contributed by atoms with Crippen molar-refractivity contribution in [1.82, 2.24) is 0 Å². The van der Waals surface area contributed by atoms with Crippen LogP contribution in [0.15, 0.2) is 66.7 Å². The van der Waals surface area contributed by atoms with Gasteiger partial charge < -0.3 is 14.9 Å². The molecular formula is C21H22O5. The van der Waals surface area contributed by atoms with Crippen LogP contribution in [0.1, 0.15) is 11.1 Å². The van der Waals surface area contributed by atoms with Crippen LogP contribution in [0.4, 0.5) is 0 Å². The molecule has 0 spiro atoms. The zero-order valence-electron chi connectivity index (χ0n) is 14.5. The van der Waals surface area contributed by atoms with Gasteiger partial charge in [-0.3, -0.25) is 9.59 Å². The lowest BCUT2D eigenvalue weighted by atomic mass is 9.94. The van der Waals surface area contributed by atoms with Gasteiger partial charge in [0, 0.05) is 0 Å². The van der Waals surface area contributed by atoms with Crippen molar-refractivity contribution < 1.29 is 24.5 Å². The molecule has 2 atom stereocenters. The molecule has 2 aromatic carbocycles. The van der Waals surface area contributed by atoms with Crippen LogP contribution in [0.3, 0.4) is 0 Å². The Morgan fingerprint density at radius 1 is 0.846 bits per heavy atom. The van der Waals surface area contributed by atoms with Gasteiger partial charge in [-0.25, -0.2) is 0 Å². The van der Waals surface area contributed by atoms with E-state index in [-0.39, 0.29) is 6.42 Å². The third-order valence-corrected chi connectivity index (χ3v) is 4.12. The van der Waals surface area contributed by atoms with Crippen LogP contribution in [-0.2, 0) is 22.4 Å². The van der Waals surface area contributed by atoms with Gasteiger partial charge in [-0.15, -0.1) is 0 Å². The maximum atomic E-state index is 11.5. The number of aliphatic carboxylic acids is 2. The van der Waals surface area contributed by atoms with Crippen molar-refractivity contribution in [2.24, 2.45) is 11.8 Å². The van der Waals surface area contributed by atoms with Crippen molar-refractivity contribution >= 4 is 11.9 Å². The molecule has 0 aliphatic heterocycles. The molecule has 26 heavy (non-hydrogen) atoms. The fraction of sp³-hybridized carbons (Fsp3) is 0.238. The van der Waals surface area contributed by atoms with E-state index in [2.05, 4.69) is 0 Å². The van der Waals surface area contributed by atoms with E-state index in [1.807, 2.05) is 30.3 Å². The van der Waals surface area contributed by atoms with Crippen LogP contribution in [-0.4, -0.2) is 29.3 Å². The van der Waals surface area contributed by atoms with Crippen LogP contribution in [0.2, 0.25) is 0 Å². The number of ether oxygens (including phenoxy) is 1. The van der Waals surface area contributed by atoms with Crippen molar-refractivity contribution in [1.29, 1.82) is 0 Å². The molecule has 2 rings (SSSR count). The standard InChI is InChI=1S/C21H22O5/c1-26-19-11-7-16(8-12-19)14-18(21(24)25)10-9-17(20(22)23)13-15-5-3-2-4-6-15/h2-12,17-18H,13-14H2,1H3,(H,22,23)(H,24,25)/b10-9+/t17-,18-/m1/s1. The molecule has 2 aromatic rings. The number of carboxylic acids is 2. The number of methoxy groups -OCH3 is 1. The molecular weight excluding hydrogens is 332 g/mol. The van der Waals surface area contributed by atoms with Gasteiger partial charge in [-0.05, 0) is 36.1 Å². The lowest BCUT2D eigenvalue weighted by Crippen LogP contribution is -2.17. The normalized spacial score (nSPS) is 13.3.